The number of aromatic nitrogens is 2. The first-order valence-corrected chi connectivity index (χ1v) is 9.59. The molecule has 0 aromatic carbocycles. The molecule has 4 rings (SSSR count). The van der Waals surface area contributed by atoms with Crippen molar-refractivity contribution < 1.29 is 9.53 Å². The Balaban J connectivity index is 1.78. The summed E-state index contributed by atoms with van der Waals surface area (Å²) in [6.07, 6.45) is 1.42. The van der Waals surface area contributed by atoms with Crippen LogP contribution in [0.5, 0.6) is 0 Å². The highest BCUT2D eigenvalue weighted by Crippen LogP contribution is 2.34. The van der Waals surface area contributed by atoms with E-state index in [2.05, 4.69) is 0 Å². The van der Waals surface area contributed by atoms with Crippen LogP contribution >= 0.6 is 23.1 Å². The molecular weight excluding hydrogens is 334 g/mol. The van der Waals surface area contributed by atoms with E-state index in [4.69, 9.17) is 9.72 Å². The Hall–Kier alpha value is -1.54. The van der Waals surface area contributed by atoms with Crippen LogP contribution in [0.25, 0.3) is 10.2 Å². The first kappa shape index (κ1) is 15.0. The fraction of sp³-hybridized carbons (Fsp3) is 0.533. The average molecular weight is 351 g/mol. The highest BCUT2D eigenvalue weighted by molar-refractivity contribution is 7.99. The molecule has 6 nitrogen and oxygen atoms in total. The number of amides is 1. The Morgan fingerprint density at radius 2 is 2.26 bits per heavy atom. The second kappa shape index (κ2) is 5.83. The Kier molecular flexibility index (Phi) is 3.81. The molecule has 2 aromatic heterocycles. The van der Waals surface area contributed by atoms with Crippen molar-refractivity contribution >= 4 is 39.4 Å². The van der Waals surface area contributed by atoms with Gasteiger partial charge in [-0.25, -0.2) is 9.78 Å². The Morgan fingerprint density at radius 3 is 3.09 bits per heavy atom. The number of carbonyl (C=O) groups is 1. The van der Waals surface area contributed by atoms with Gasteiger partial charge in [0.1, 0.15) is 4.83 Å². The van der Waals surface area contributed by atoms with E-state index in [1.807, 2.05) is 0 Å². The quantitative estimate of drug-likeness (QED) is 0.739. The topological polar surface area (TPSA) is 64.4 Å². The normalized spacial score (nSPS) is 17.0. The molecule has 0 unspecified atom stereocenters. The summed E-state index contributed by atoms with van der Waals surface area (Å²) >= 11 is 3.19. The number of carbonyl (C=O) groups excluding carboxylic acids is 1. The molecule has 0 N–H and O–H groups in total. The molecule has 0 atom stereocenters. The van der Waals surface area contributed by atoms with E-state index in [1.165, 1.54) is 11.3 Å². The fourth-order valence-corrected chi connectivity index (χ4v) is 5.35. The van der Waals surface area contributed by atoms with E-state index in [0.29, 0.717) is 26.1 Å². The Bertz CT molecular complexity index is 843. The minimum Gasteiger partial charge on any atom is -0.450 e. The minimum atomic E-state index is -0.282. The van der Waals surface area contributed by atoms with E-state index < -0.39 is 0 Å². The fourth-order valence-electron chi connectivity index (χ4n) is 3.12. The predicted molar refractivity (Wildman–Crippen MR) is 90.4 cm³/mol. The van der Waals surface area contributed by atoms with Gasteiger partial charge in [-0.1, -0.05) is 11.8 Å². The molecule has 0 radical (unpaired) electrons. The van der Waals surface area contributed by atoms with Gasteiger partial charge >= 0.3 is 6.09 Å². The van der Waals surface area contributed by atoms with Crippen molar-refractivity contribution in [1.29, 1.82) is 0 Å². The van der Waals surface area contributed by atoms with E-state index >= 15 is 0 Å². The number of ether oxygens (including phenoxy) is 1. The molecule has 0 spiro atoms. The van der Waals surface area contributed by atoms with Gasteiger partial charge in [-0.05, 0) is 25.3 Å². The molecule has 2 aromatic rings. The number of thioether (sulfide) groups is 1. The maximum absolute atomic E-state index is 12.8. The molecule has 0 saturated carbocycles. The molecule has 0 aliphatic carbocycles. The summed E-state index contributed by atoms with van der Waals surface area (Å²) < 4.78 is 6.89. The summed E-state index contributed by atoms with van der Waals surface area (Å²) in [5.41, 5.74) is 1.16. The summed E-state index contributed by atoms with van der Waals surface area (Å²) in [6, 6.07) is 0. The predicted octanol–water partition coefficient (Wildman–Crippen LogP) is 2.47. The number of fused-ring (bicyclic) bond motifs is 4. The highest BCUT2D eigenvalue weighted by atomic mass is 32.2. The standard InChI is InChI=1S/C15H17N3O3S2/c1-2-21-15(20)17-6-4-9-10(8-17)23-12-11(9)13(19)18-5-3-7-22-14(18)16-12/h2-8H2,1H3. The summed E-state index contributed by atoms with van der Waals surface area (Å²) in [7, 11) is 0. The highest BCUT2D eigenvalue weighted by Gasteiger charge is 2.28. The van der Waals surface area contributed by atoms with Crippen LogP contribution in [0.15, 0.2) is 9.95 Å². The summed E-state index contributed by atoms with van der Waals surface area (Å²) in [5.74, 6) is 1.01. The smallest absolute Gasteiger partial charge is 0.410 e. The van der Waals surface area contributed by atoms with Gasteiger partial charge in [-0.15, -0.1) is 11.3 Å². The number of thiophene rings is 1. The third kappa shape index (κ3) is 2.44. The zero-order valence-corrected chi connectivity index (χ0v) is 14.5. The van der Waals surface area contributed by atoms with Crippen molar-refractivity contribution in [2.24, 2.45) is 0 Å². The first-order chi connectivity index (χ1) is 11.2. The van der Waals surface area contributed by atoms with Crippen LogP contribution in [0.3, 0.4) is 0 Å². The summed E-state index contributed by atoms with van der Waals surface area (Å²) in [5, 5.41) is 1.59. The van der Waals surface area contributed by atoms with Gasteiger partial charge in [0.25, 0.3) is 5.56 Å². The van der Waals surface area contributed by atoms with Crippen molar-refractivity contribution in [3.63, 3.8) is 0 Å². The van der Waals surface area contributed by atoms with Gasteiger partial charge in [0.2, 0.25) is 0 Å². The van der Waals surface area contributed by atoms with E-state index in [1.54, 1.807) is 28.2 Å². The summed E-state index contributed by atoms with van der Waals surface area (Å²) in [4.78, 5) is 33.0. The maximum Gasteiger partial charge on any atom is 0.410 e. The molecule has 0 saturated heterocycles. The number of hydrogen-bond acceptors (Lipinski definition) is 6. The van der Waals surface area contributed by atoms with E-state index in [0.717, 1.165) is 44.5 Å². The molecule has 122 valence electrons. The zero-order valence-electron chi connectivity index (χ0n) is 12.8. The molecule has 8 heteroatoms. The third-order valence-electron chi connectivity index (χ3n) is 4.21. The van der Waals surface area contributed by atoms with Crippen molar-refractivity contribution in [3.05, 3.63) is 20.8 Å². The molecule has 23 heavy (non-hydrogen) atoms. The van der Waals surface area contributed by atoms with Gasteiger partial charge in [0.15, 0.2) is 5.16 Å². The van der Waals surface area contributed by atoms with Gasteiger partial charge in [-0.3, -0.25) is 9.36 Å². The second-order valence-corrected chi connectivity index (χ2v) is 7.75. The number of nitrogens with zero attached hydrogens (tertiary/aromatic N) is 3. The van der Waals surface area contributed by atoms with Gasteiger partial charge in [0, 0.05) is 23.7 Å². The number of hydrogen-bond donors (Lipinski definition) is 0. The average Bonchev–Trinajstić information content (AvgIpc) is 2.92. The van der Waals surface area contributed by atoms with E-state index in [9.17, 15) is 9.59 Å². The lowest BCUT2D eigenvalue weighted by molar-refractivity contribution is 0.103. The van der Waals surface area contributed by atoms with Crippen LogP contribution in [-0.2, 0) is 24.2 Å². The van der Waals surface area contributed by atoms with E-state index in [-0.39, 0.29) is 11.7 Å². The minimum absolute atomic E-state index is 0.0827. The lowest BCUT2D eigenvalue weighted by Gasteiger charge is -2.26. The molecular formula is C15H17N3O3S2. The van der Waals surface area contributed by atoms with Crippen LogP contribution in [0.4, 0.5) is 4.79 Å². The lowest BCUT2D eigenvalue weighted by Crippen LogP contribution is -2.36. The summed E-state index contributed by atoms with van der Waals surface area (Å²) in [6.45, 7) is 4.04. The molecule has 2 aliphatic heterocycles. The largest absolute Gasteiger partial charge is 0.450 e. The van der Waals surface area contributed by atoms with Gasteiger partial charge in [0.05, 0.1) is 18.5 Å². The van der Waals surface area contributed by atoms with Gasteiger partial charge in [-0.2, -0.15) is 0 Å². The van der Waals surface area contributed by atoms with Crippen molar-refractivity contribution in [2.45, 2.75) is 38.0 Å². The lowest BCUT2D eigenvalue weighted by atomic mass is 10.1. The van der Waals surface area contributed by atoms with Crippen molar-refractivity contribution in [2.75, 3.05) is 18.9 Å². The van der Waals surface area contributed by atoms with Crippen LogP contribution < -0.4 is 5.56 Å². The molecule has 1 amide bonds. The maximum atomic E-state index is 12.8. The first-order valence-electron chi connectivity index (χ1n) is 7.78. The van der Waals surface area contributed by atoms with Gasteiger partial charge < -0.3 is 9.64 Å². The van der Waals surface area contributed by atoms with Crippen LogP contribution in [-0.4, -0.2) is 39.4 Å². The molecule has 0 bridgehead atoms. The van der Waals surface area contributed by atoms with Crippen molar-refractivity contribution in [3.8, 4) is 0 Å². The molecule has 2 aliphatic rings. The third-order valence-corrected chi connectivity index (χ3v) is 6.38. The van der Waals surface area contributed by atoms with Crippen LogP contribution in [0, 0.1) is 0 Å². The number of rotatable bonds is 1. The Labute approximate surface area is 141 Å². The van der Waals surface area contributed by atoms with Crippen molar-refractivity contribution in [1.82, 2.24) is 14.5 Å². The monoisotopic (exact) mass is 351 g/mol. The Morgan fingerprint density at radius 1 is 1.39 bits per heavy atom. The van der Waals surface area contributed by atoms with Crippen LogP contribution in [0.2, 0.25) is 0 Å². The SMILES string of the molecule is CCOC(=O)N1CCc2c(sc3nc4n(c(=O)c23)CCCS4)C1. The zero-order chi connectivity index (χ0) is 16.0. The second-order valence-electron chi connectivity index (χ2n) is 5.61. The molecule has 4 heterocycles. The molecule has 0 fully saturated rings. The van der Waals surface area contributed by atoms with Crippen LogP contribution in [0.1, 0.15) is 23.8 Å².